The van der Waals surface area contributed by atoms with Gasteiger partial charge in [0.2, 0.25) is 0 Å². The van der Waals surface area contributed by atoms with Crippen LogP contribution in [0.25, 0.3) is 0 Å². The Morgan fingerprint density at radius 2 is 1.96 bits per heavy atom. The first-order valence-corrected chi connectivity index (χ1v) is 9.12. The molecule has 0 radical (unpaired) electrons. The van der Waals surface area contributed by atoms with E-state index in [1.165, 1.54) is 5.56 Å². The van der Waals surface area contributed by atoms with Gasteiger partial charge in [0, 0.05) is 37.1 Å². The Morgan fingerprint density at radius 1 is 1.08 bits per heavy atom. The molecule has 1 aromatic carbocycles. The number of nitrogens with zero attached hydrogens (tertiary/aromatic N) is 2. The summed E-state index contributed by atoms with van der Waals surface area (Å²) >= 11 is 0. The van der Waals surface area contributed by atoms with Crippen LogP contribution in [0.5, 0.6) is 0 Å². The number of amides is 1. The molecule has 0 saturated carbocycles. The Hall–Kier alpha value is -2.24. The summed E-state index contributed by atoms with van der Waals surface area (Å²) in [6, 6.07) is 12.6. The molecular formula is C20H24N4O. The second-order valence-corrected chi connectivity index (χ2v) is 6.83. The van der Waals surface area contributed by atoms with Crippen molar-refractivity contribution >= 4 is 5.91 Å². The van der Waals surface area contributed by atoms with Crippen molar-refractivity contribution in [2.75, 3.05) is 13.1 Å². The van der Waals surface area contributed by atoms with Gasteiger partial charge in [0.05, 0.1) is 6.04 Å². The quantitative estimate of drug-likeness (QED) is 0.905. The highest BCUT2D eigenvalue weighted by molar-refractivity contribution is 5.94. The number of aromatic nitrogens is 1. The lowest BCUT2D eigenvalue weighted by Gasteiger charge is -2.36. The number of hydrazine groups is 1. The Morgan fingerprint density at radius 3 is 2.68 bits per heavy atom. The molecule has 0 aliphatic carbocycles. The van der Waals surface area contributed by atoms with Crippen molar-refractivity contribution in [2.45, 2.75) is 37.8 Å². The van der Waals surface area contributed by atoms with E-state index in [4.69, 9.17) is 0 Å². The van der Waals surface area contributed by atoms with E-state index in [2.05, 4.69) is 34.0 Å². The van der Waals surface area contributed by atoms with E-state index in [-0.39, 0.29) is 11.9 Å². The summed E-state index contributed by atoms with van der Waals surface area (Å²) in [5.41, 5.74) is 9.54. The molecule has 5 nitrogen and oxygen atoms in total. The van der Waals surface area contributed by atoms with Crippen molar-refractivity contribution in [1.82, 2.24) is 20.7 Å². The number of benzene rings is 1. The summed E-state index contributed by atoms with van der Waals surface area (Å²) < 4.78 is 0. The van der Waals surface area contributed by atoms with Crippen LogP contribution in [0.15, 0.2) is 48.8 Å². The molecule has 1 aromatic heterocycles. The molecule has 2 aliphatic heterocycles. The highest BCUT2D eigenvalue weighted by atomic mass is 16.2. The van der Waals surface area contributed by atoms with Gasteiger partial charge in [0.1, 0.15) is 0 Å². The summed E-state index contributed by atoms with van der Waals surface area (Å²) in [5, 5.41) is 0. The van der Waals surface area contributed by atoms with Gasteiger partial charge in [-0.2, -0.15) is 0 Å². The van der Waals surface area contributed by atoms with E-state index < -0.39 is 0 Å². The molecule has 2 unspecified atom stereocenters. The van der Waals surface area contributed by atoms with Crippen molar-refractivity contribution in [3.63, 3.8) is 0 Å². The normalized spacial score (nSPS) is 23.6. The van der Waals surface area contributed by atoms with Crippen molar-refractivity contribution in [3.8, 4) is 0 Å². The molecule has 2 aromatic rings. The van der Waals surface area contributed by atoms with Crippen molar-refractivity contribution in [2.24, 2.45) is 0 Å². The lowest BCUT2D eigenvalue weighted by atomic mass is 9.95. The van der Waals surface area contributed by atoms with E-state index in [0.717, 1.165) is 49.9 Å². The monoisotopic (exact) mass is 336 g/mol. The minimum Gasteiger partial charge on any atom is -0.332 e. The molecule has 2 atom stereocenters. The molecule has 3 heterocycles. The number of nitrogens with one attached hydrogen (secondary N) is 2. The van der Waals surface area contributed by atoms with Gasteiger partial charge in [-0.1, -0.05) is 18.2 Å². The molecular weight excluding hydrogens is 312 g/mol. The van der Waals surface area contributed by atoms with Crippen LogP contribution in [0, 0.1) is 0 Å². The van der Waals surface area contributed by atoms with Crippen molar-refractivity contribution in [1.29, 1.82) is 0 Å². The van der Waals surface area contributed by atoms with Crippen LogP contribution < -0.4 is 10.9 Å². The summed E-state index contributed by atoms with van der Waals surface area (Å²) in [7, 11) is 0. The molecule has 5 heteroatoms. The van der Waals surface area contributed by atoms with Gasteiger partial charge in [0.15, 0.2) is 0 Å². The minimum absolute atomic E-state index is 0.123. The van der Waals surface area contributed by atoms with Crippen LogP contribution in [0.2, 0.25) is 0 Å². The second kappa shape index (κ2) is 7.33. The van der Waals surface area contributed by atoms with Gasteiger partial charge >= 0.3 is 0 Å². The first-order valence-electron chi connectivity index (χ1n) is 9.12. The summed E-state index contributed by atoms with van der Waals surface area (Å²) in [6.07, 6.45) is 7.97. The van der Waals surface area contributed by atoms with E-state index in [1.807, 2.05) is 29.3 Å². The van der Waals surface area contributed by atoms with Crippen LogP contribution in [0.3, 0.4) is 0 Å². The third-order valence-corrected chi connectivity index (χ3v) is 5.23. The maximum absolute atomic E-state index is 13.1. The maximum Gasteiger partial charge on any atom is 0.254 e. The van der Waals surface area contributed by atoms with E-state index in [1.54, 1.807) is 6.20 Å². The van der Waals surface area contributed by atoms with Crippen LogP contribution in [0.1, 0.15) is 59.3 Å². The number of carbonyl (C=O) groups excluding carboxylic acids is 1. The van der Waals surface area contributed by atoms with Gasteiger partial charge in [-0.05, 0) is 55.0 Å². The third kappa shape index (κ3) is 3.43. The predicted octanol–water partition coefficient (Wildman–Crippen LogP) is 2.99. The minimum atomic E-state index is 0.123. The van der Waals surface area contributed by atoms with E-state index >= 15 is 0 Å². The van der Waals surface area contributed by atoms with Gasteiger partial charge in [0.25, 0.3) is 5.91 Å². The summed E-state index contributed by atoms with van der Waals surface area (Å²) in [6.45, 7) is 1.79. The molecule has 0 bridgehead atoms. The fourth-order valence-electron chi connectivity index (χ4n) is 3.85. The maximum atomic E-state index is 13.1. The predicted molar refractivity (Wildman–Crippen MR) is 96.8 cm³/mol. The molecule has 130 valence electrons. The zero-order valence-corrected chi connectivity index (χ0v) is 14.3. The fraction of sp³-hybridized carbons (Fsp3) is 0.400. The van der Waals surface area contributed by atoms with Crippen molar-refractivity contribution < 1.29 is 4.79 Å². The number of hydrogen-bond donors (Lipinski definition) is 2. The van der Waals surface area contributed by atoms with Gasteiger partial charge < -0.3 is 4.90 Å². The topological polar surface area (TPSA) is 57.3 Å². The molecule has 0 spiro atoms. The van der Waals surface area contributed by atoms with Crippen LogP contribution in [0.4, 0.5) is 0 Å². The van der Waals surface area contributed by atoms with E-state index in [0.29, 0.717) is 6.04 Å². The zero-order valence-electron chi connectivity index (χ0n) is 14.3. The average Bonchev–Trinajstić information content (AvgIpc) is 3.23. The molecule has 4 rings (SSSR count). The Bertz CT molecular complexity index is 710. The number of carbonyl (C=O) groups is 1. The second-order valence-electron chi connectivity index (χ2n) is 6.83. The largest absolute Gasteiger partial charge is 0.332 e. The third-order valence-electron chi connectivity index (χ3n) is 5.23. The molecule has 25 heavy (non-hydrogen) atoms. The summed E-state index contributed by atoms with van der Waals surface area (Å²) in [5.74, 6) is 0.123. The Labute approximate surface area is 148 Å². The average molecular weight is 336 g/mol. The van der Waals surface area contributed by atoms with Gasteiger partial charge in [-0.15, -0.1) is 0 Å². The number of rotatable bonds is 3. The fourth-order valence-corrected chi connectivity index (χ4v) is 3.85. The molecule has 2 fully saturated rings. The highest BCUT2D eigenvalue weighted by Gasteiger charge is 2.29. The smallest absolute Gasteiger partial charge is 0.254 e. The number of pyridine rings is 1. The lowest BCUT2D eigenvalue weighted by Crippen LogP contribution is -2.38. The zero-order chi connectivity index (χ0) is 17.1. The molecule has 2 saturated heterocycles. The molecule has 2 aliphatic rings. The SMILES string of the molecule is O=C(c1ccc(C2CCNN2)cc1)N1CCCCC1c1cccnc1. The number of hydrogen-bond acceptors (Lipinski definition) is 4. The first kappa shape index (κ1) is 16.2. The van der Waals surface area contributed by atoms with Crippen LogP contribution >= 0.6 is 0 Å². The van der Waals surface area contributed by atoms with Crippen LogP contribution in [-0.2, 0) is 0 Å². The first-order chi connectivity index (χ1) is 12.3. The Balaban J connectivity index is 1.54. The van der Waals surface area contributed by atoms with E-state index in [9.17, 15) is 4.79 Å². The number of piperidine rings is 1. The lowest BCUT2D eigenvalue weighted by molar-refractivity contribution is 0.0611. The molecule has 2 N–H and O–H groups in total. The van der Waals surface area contributed by atoms with Gasteiger partial charge in [-0.25, -0.2) is 0 Å². The molecule has 1 amide bonds. The summed E-state index contributed by atoms with van der Waals surface area (Å²) in [4.78, 5) is 19.3. The van der Waals surface area contributed by atoms with Crippen molar-refractivity contribution in [3.05, 3.63) is 65.5 Å². The van der Waals surface area contributed by atoms with Gasteiger partial charge in [-0.3, -0.25) is 20.6 Å². The standard InChI is InChI=1S/C20H24N4O/c25-20(16-8-6-15(7-9-16)18-10-12-22-23-18)24-13-2-1-5-19(24)17-4-3-11-21-14-17/h3-4,6-9,11,14,18-19,22-23H,1-2,5,10,12-13H2. The number of likely N-dealkylation sites (tertiary alicyclic amines) is 1. The highest BCUT2D eigenvalue weighted by Crippen LogP contribution is 2.32. The van der Waals surface area contributed by atoms with Crippen LogP contribution in [-0.4, -0.2) is 28.9 Å². The Kier molecular flexibility index (Phi) is 4.76.